The SMILES string of the molecule is CCC[C@H](O[Si](C)(C)C(C)(C)C)C(=O)C(=O)OP(=O)(OC)OC. The minimum Gasteiger partial charge on any atom is -0.406 e. The third-order valence-corrected chi connectivity index (χ3v) is 9.70. The van der Waals surface area contributed by atoms with Crippen molar-refractivity contribution in [3.8, 4) is 0 Å². The van der Waals surface area contributed by atoms with Gasteiger partial charge in [-0.25, -0.2) is 9.36 Å². The van der Waals surface area contributed by atoms with Gasteiger partial charge in [-0.2, -0.15) is 0 Å². The Morgan fingerprint density at radius 3 is 1.96 bits per heavy atom. The van der Waals surface area contributed by atoms with E-state index in [0.717, 1.165) is 14.2 Å². The van der Waals surface area contributed by atoms with Crippen LogP contribution in [0.5, 0.6) is 0 Å². The van der Waals surface area contributed by atoms with Gasteiger partial charge in [0.2, 0.25) is 0 Å². The van der Waals surface area contributed by atoms with E-state index < -0.39 is 34.0 Å². The Bertz CT molecular complexity index is 462. The van der Waals surface area contributed by atoms with Crippen LogP contribution in [0.4, 0.5) is 0 Å². The van der Waals surface area contributed by atoms with Crippen molar-refractivity contribution in [2.75, 3.05) is 14.2 Å². The summed E-state index contributed by atoms with van der Waals surface area (Å²) in [6, 6.07) is 0. The van der Waals surface area contributed by atoms with Crippen molar-refractivity contribution in [3.05, 3.63) is 0 Å². The number of hydrogen-bond acceptors (Lipinski definition) is 7. The molecule has 136 valence electrons. The van der Waals surface area contributed by atoms with Gasteiger partial charge in [0.1, 0.15) is 6.10 Å². The van der Waals surface area contributed by atoms with Gasteiger partial charge in [-0.15, -0.1) is 0 Å². The molecular weight excluding hydrogens is 339 g/mol. The Morgan fingerprint density at radius 2 is 1.61 bits per heavy atom. The molecule has 0 aliphatic heterocycles. The summed E-state index contributed by atoms with van der Waals surface area (Å²) in [4.78, 5) is 24.3. The molecule has 7 nitrogen and oxygen atoms in total. The highest BCUT2D eigenvalue weighted by atomic mass is 31.2. The number of ketones is 1. The van der Waals surface area contributed by atoms with E-state index >= 15 is 0 Å². The van der Waals surface area contributed by atoms with Gasteiger partial charge >= 0.3 is 13.8 Å². The average molecular weight is 368 g/mol. The minimum absolute atomic E-state index is 0.114. The first-order valence-electron chi connectivity index (χ1n) is 7.50. The second-order valence-electron chi connectivity index (χ2n) is 6.71. The molecule has 9 heteroatoms. The first-order chi connectivity index (χ1) is 10.3. The lowest BCUT2D eigenvalue weighted by Gasteiger charge is -2.38. The predicted octanol–water partition coefficient (Wildman–Crippen LogP) is 3.69. The maximum atomic E-state index is 12.3. The standard InChI is InChI=1S/C14H29O7PSi/c1-9-10-11(21-23(7,8)14(2,3)4)12(15)13(16)20-22(17,18-5)19-6/h11H,9-10H2,1-8H3/t11-/m0/s1. The molecule has 0 radical (unpaired) electrons. The van der Waals surface area contributed by atoms with Crippen LogP contribution in [0.15, 0.2) is 0 Å². The van der Waals surface area contributed by atoms with Crippen molar-refractivity contribution in [2.24, 2.45) is 0 Å². The summed E-state index contributed by atoms with van der Waals surface area (Å²) in [5.41, 5.74) is 0. The van der Waals surface area contributed by atoms with Crippen LogP contribution in [0, 0.1) is 0 Å². The van der Waals surface area contributed by atoms with Gasteiger partial charge in [-0.3, -0.25) is 13.8 Å². The molecule has 0 spiro atoms. The monoisotopic (exact) mass is 368 g/mol. The third-order valence-electron chi connectivity index (χ3n) is 3.93. The van der Waals surface area contributed by atoms with E-state index in [2.05, 4.69) is 13.6 Å². The minimum atomic E-state index is -4.05. The Labute approximate surface area is 139 Å². The van der Waals surface area contributed by atoms with Gasteiger partial charge in [0.25, 0.3) is 5.78 Å². The van der Waals surface area contributed by atoms with E-state index in [1.807, 2.05) is 40.8 Å². The lowest BCUT2D eigenvalue weighted by Crippen LogP contribution is -2.47. The smallest absolute Gasteiger partial charge is 0.406 e. The van der Waals surface area contributed by atoms with Crippen LogP contribution in [0.2, 0.25) is 18.1 Å². The van der Waals surface area contributed by atoms with E-state index in [0.29, 0.717) is 12.8 Å². The van der Waals surface area contributed by atoms with Crippen LogP contribution in [-0.4, -0.2) is 40.4 Å². The third kappa shape index (κ3) is 6.47. The number of hydrogen-bond donors (Lipinski definition) is 0. The Hall–Kier alpha value is -0.533. The molecule has 0 aliphatic rings. The van der Waals surface area contributed by atoms with Crippen LogP contribution in [0.25, 0.3) is 0 Å². The van der Waals surface area contributed by atoms with Crippen molar-refractivity contribution in [1.29, 1.82) is 0 Å². The summed E-state index contributed by atoms with van der Waals surface area (Å²) in [5.74, 6) is -2.14. The average Bonchev–Trinajstić information content (AvgIpc) is 2.44. The van der Waals surface area contributed by atoms with Crippen LogP contribution in [0.3, 0.4) is 0 Å². The number of phosphoric acid groups is 1. The molecule has 0 fully saturated rings. The van der Waals surface area contributed by atoms with Gasteiger partial charge in [-0.05, 0) is 24.6 Å². The summed E-state index contributed by atoms with van der Waals surface area (Å²) in [5, 5.41) is -0.114. The van der Waals surface area contributed by atoms with Crippen molar-refractivity contribution in [2.45, 2.75) is 64.8 Å². The molecule has 0 rings (SSSR count). The fourth-order valence-electron chi connectivity index (χ4n) is 1.47. The molecule has 0 saturated heterocycles. The zero-order valence-electron chi connectivity index (χ0n) is 15.3. The maximum absolute atomic E-state index is 12.3. The highest BCUT2D eigenvalue weighted by molar-refractivity contribution is 7.49. The number of rotatable bonds is 9. The van der Waals surface area contributed by atoms with Crippen LogP contribution in [-0.2, 0) is 32.2 Å². The number of phosphoric ester groups is 1. The largest absolute Gasteiger partial charge is 0.532 e. The van der Waals surface area contributed by atoms with E-state index in [-0.39, 0.29) is 5.04 Å². The lowest BCUT2D eigenvalue weighted by atomic mass is 10.1. The first kappa shape index (κ1) is 22.5. The van der Waals surface area contributed by atoms with Gasteiger partial charge in [0, 0.05) is 14.2 Å². The fraction of sp³-hybridized carbons (Fsp3) is 0.857. The van der Waals surface area contributed by atoms with Gasteiger partial charge in [-0.1, -0.05) is 34.1 Å². The zero-order chi connectivity index (χ0) is 18.5. The van der Waals surface area contributed by atoms with Gasteiger partial charge in [0.05, 0.1) is 0 Å². The molecule has 0 unspecified atom stereocenters. The molecule has 0 amide bonds. The highest BCUT2D eigenvalue weighted by Crippen LogP contribution is 2.47. The lowest BCUT2D eigenvalue weighted by molar-refractivity contribution is -0.152. The van der Waals surface area contributed by atoms with Crippen LogP contribution < -0.4 is 0 Å². The normalized spacial score (nSPS) is 14.4. The summed E-state index contributed by atoms with van der Waals surface area (Å²) >= 11 is 0. The molecule has 0 bridgehead atoms. The molecule has 1 atom stereocenters. The molecule has 0 aromatic heterocycles. The highest BCUT2D eigenvalue weighted by Gasteiger charge is 2.43. The second kappa shape index (κ2) is 8.53. The molecular formula is C14H29O7PSi. The van der Waals surface area contributed by atoms with Crippen molar-refractivity contribution < 1.29 is 32.2 Å². The Balaban J connectivity index is 5.21. The maximum Gasteiger partial charge on any atom is 0.532 e. The van der Waals surface area contributed by atoms with Crippen LogP contribution >= 0.6 is 7.82 Å². The van der Waals surface area contributed by atoms with Crippen molar-refractivity contribution in [3.63, 3.8) is 0 Å². The molecule has 0 N–H and O–H groups in total. The summed E-state index contributed by atoms with van der Waals surface area (Å²) < 4.78 is 31.4. The summed E-state index contributed by atoms with van der Waals surface area (Å²) in [6.07, 6.45) is 0.116. The van der Waals surface area contributed by atoms with Crippen molar-refractivity contribution in [1.82, 2.24) is 0 Å². The van der Waals surface area contributed by atoms with E-state index in [1.165, 1.54) is 0 Å². The molecule has 0 heterocycles. The summed E-state index contributed by atoms with van der Waals surface area (Å²) in [7, 11) is -4.16. The first-order valence-corrected chi connectivity index (χ1v) is 11.9. The molecule has 0 aliphatic carbocycles. The zero-order valence-corrected chi connectivity index (χ0v) is 17.2. The van der Waals surface area contributed by atoms with Crippen molar-refractivity contribution >= 4 is 27.9 Å². The fourth-order valence-corrected chi connectivity index (χ4v) is 3.35. The topological polar surface area (TPSA) is 88.1 Å². The Kier molecular flexibility index (Phi) is 8.33. The van der Waals surface area contributed by atoms with E-state index in [9.17, 15) is 14.2 Å². The molecule has 23 heavy (non-hydrogen) atoms. The molecule has 0 aromatic rings. The summed E-state index contributed by atoms with van der Waals surface area (Å²) in [6.45, 7) is 12.0. The Morgan fingerprint density at radius 1 is 1.13 bits per heavy atom. The number of carbonyl (C=O) groups is 2. The van der Waals surface area contributed by atoms with Gasteiger partial charge in [0.15, 0.2) is 8.32 Å². The second-order valence-corrected chi connectivity index (χ2v) is 13.3. The quantitative estimate of drug-likeness (QED) is 0.348. The number of carbonyl (C=O) groups excluding carboxylic acids is 2. The molecule has 0 saturated carbocycles. The van der Waals surface area contributed by atoms with E-state index in [1.54, 1.807) is 0 Å². The van der Waals surface area contributed by atoms with E-state index in [4.69, 9.17) is 4.43 Å². The number of Topliss-reactive ketones (excluding diaryl/α,β-unsaturated/α-hetero) is 1. The predicted molar refractivity (Wildman–Crippen MR) is 89.7 cm³/mol. The molecule has 0 aromatic carbocycles. The van der Waals surface area contributed by atoms with Gasteiger partial charge < -0.3 is 8.95 Å². The van der Waals surface area contributed by atoms with Crippen LogP contribution in [0.1, 0.15) is 40.5 Å².